The van der Waals surface area contributed by atoms with Crippen LogP contribution in [-0.2, 0) is 0 Å². The number of hydrogen-bond donors (Lipinski definition) is 0. The zero-order chi connectivity index (χ0) is 22.2. The Bertz CT molecular complexity index is 775. The molecule has 0 amide bonds. The summed E-state index contributed by atoms with van der Waals surface area (Å²) >= 11 is 0. The van der Waals surface area contributed by atoms with Crippen molar-refractivity contribution in [3.63, 3.8) is 0 Å². The predicted octanol–water partition coefficient (Wildman–Crippen LogP) is 6.35. The van der Waals surface area contributed by atoms with E-state index in [1.54, 1.807) is 36.9 Å². The van der Waals surface area contributed by atoms with Crippen LogP contribution in [0.4, 0.5) is 26.3 Å². The third kappa shape index (κ3) is 4.21. The van der Waals surface area contributed by atoms with Gasteiger partial charge in [-0.15, -0.1) is 0 Å². The number of halogens is 6. The maximum atomic E-state index is 13.9. The van der Waals surface area contributed by atoms with Crippen LogP contribution in [0.3, 0.4) is 0 Å². The van der Waals surface area contributed by atoms with Crippen molar-refractivity contribution in [1.82, 2.24) is 4.90 Å². The van der Waals surface area contributed by atoms with Crippen LogP contribution in [0.5, 0.6) is 0 Å². The highest BCUT2D eigenvalue weighted by molar-refractivity contribution is 6.11. The molecule has 30 heavy (non-hydrogen) atoms. The van der Waals surface area contributed by atoms with Gasteiger partial charge >= 0.3 is 18.0 Å². The number of aliphatic imine (C=N–C) groups is 2. The van der Waals surface area contributed by atoms with Gasteiger partial charge in [0.25, 0.3) is 0 Å². The highest BCUT2D eigenvalue weighted by Crippen LogP contribution is 2.49. The van der Waals surface area contributed by atoms with Gasteiger partial charge in [-0.3, -0.25) is 0 Å². The molecule has 0 unspecified atom stereocenters. The van der Waals surface area contributed by atoms with E-state index in [9.17, 15) is 26.3 Å². The molecule has 3 rings (SSSR count). The van der Waals surface area contributed by atoms with Crippen molar-refractivity contribution in [2.24, 2.45) is 15.9 Å². The van der Waals surface area contributed by atoms with Crippen LogP contribution in [0.1, 0.15) is 57.9 Å². The normalized spacial score (nSPS) is 20.9. The molecule has 1 fully saturated rings. The van der Waals surface area contributed by atoms with E-state index < -0.39 is 18.0 Å². The Morgan fingerprint density at radius 3 is 2.00 bits per heavy atom. The van der Waals surface area contributed by atoms with Crippen molar-refractivity contribution in [2.75, 3.05) is 0 Å². The quantitative estimate of drug-likeness (QED) is 0.509. The number of nitrogens with zero attached hydrogens (tertiary/aromatic N) is 3. The molecule has 1 saturated carbocycles. The van der Waals surface area contributed by atoms with E-state index in [-0.39, 0.29) is 35.6 Å². The Morgan fingerprint density at radius 1 is 0.933 bits per heavy atom. The van der Waals surface area contributed by atoms with E-state index in [0.29, 0.717) is 12.8 Å². The van der Waals surface area contributed by atoms with E-state index in [1.807, 2.05) is 0 Å². The minimum atomic E-state index is -5.72. The van der Waals surface area contributed by atoms with Crippen molar-refractivity contribution in [1.29, 1.82) is 0 Å². The first-order valence-electron chi connectivity index (χ1n) is 10.1. The minimum Gasteiger partial charge on any atom is -0.311 e. The summed E-state index contributed by atoms with van der Waals surface area (Å²) in [6, 6.07) is 7.56. The lowest BCUT2D eigenvalue weighted by molar-refractivity contribution is -0.293. The second-order valence-corrected chi connectivity index (χ2v) is 8.26. The Balaban J connectivity index is 2.27. The molecule has 3 nitrogen and oxygen atoms in total. The molecule has 1 aromatic carbocycles. The van der Waals surface area contributed by atoms with E-state index >= 15 is 0 Å². The van der Waals surface area contributed by atoms with E-state index in [4.69, 9.17) is 0 Å². The summed E-state index contributed by atoms with van der Waals surface area (Å²) in [5, 5.41) is 0. The molecule has 0 bridgehead atoms. The Hall–Kier alpha value is -2.06. The first-order chi connectivity index (χ1) is 14.0. The molecule has 9 heteroatoms. The molecule has 1 aliphatic heterocycles. The maximum absolute atomic E-state index is 13.9. The summed E-state index contributed by atoms with van der Waals surface area (Å²) in [6.45, 7) is 3.50. The average molecular weight is 433 g/mol. The van der Waals surface area contributed by atoms with Crippen LogP contribution in [0.2, 0.25) is 0 Å². The van der Waals surface area contributed by atoms with Gasteiger partial charge in [0, 0.05) is 18.0 Å². The van der Waals surface area contributed by atoms with Gasteiger partial charge in [-0.25, -0.2) is 9.98 Å². The monoisotopic (exact) mass is 433 g/mol. The zero-order valence-electron chi connectivity index (χ0n) is 16.9. The maximum Gasteiger partial charge on any atom is 0.443 e. The van der Waals surface area contributed by atoms with E-state index in [2.05, 4.69) is 9.98 Å². The van der Waals surface area contributed by atoms with Crippen molar-refractivity contribution in [2.45, 2.75) is 76.4 Å². The SMILES string of the molecule is CC(C)CC1=NC(C(F)(F)F)(C(F)(F)F)N=C(c2ccccc2)N1C1CCCCC1. The molecule has 0 radical (unpaired) electrons. The summed E-state index contributed by atoms with van der Waals surface area (Å²) in [7, 11) is 0. The highest BCUT2D eigenvalue weighted by Gasteiger charge is 2.74. The van der Waals surface area contributed by atoms with Gasteiger partial charge in [-0.1, -0.05) is 63.4 Å². The van der Waals surface area contributed by atoms with Crippen LogP contribution in [0.25, 0.3) is 0 Å². The smallest absolute Gasteiger partial charge is 0.311 e. The fourth-order valence-electron chi connectivity index (χ4n) is 4.03. The van der Waals surface area contributed by atoms with Gasteiger partial charge in [-0.05, 0) is 18.8 Å². The first kappa shape index (κ1) is 22.6. The summed E-state index contributed by atoms with van der Waals surface area (Å²) in [4.78, 5) is 8.22. The molecule has 0 atom stereocenters. The van der Waals surface area contributed by atoms with Crippen molar-refractivity contribution in [3.05, 3.63) is 35.9 Å². The lowest BCUT2D eigenvalue weighted by Gasteiger charge is -2.44. The van der Waals surface area contributed by atoms with Crippen LogP contribution in [0, 0.1) is 5.92 Å². The third-order valence-electron chi connectivity index (χ3n) is 5.42. The second-order valence-electron chi connectivity index (χ2n) is 8.26. The Kier molecular flexibility index (Phi) is 6.20. The zero-order valence-corrected chi connectivity index (χ0v) is 16.9. The highest BCUT2D eigenvalue weighted by atomic mass is 19.4. The lowest BCUT2D eigenvalue weighted by atomic mass is 9.92. The molecule has 1 heterocycles. The molecule has 166 valence electrons. The fraction of sp³-hybridized carbons (Fsp3) is 0.619. The summed E-state index contributed by atoms with van der Waals surface area (Å²) in [5.74, 6) is -0.674. The van der Waals surface area contributed by atoms with Crippen LogP contribution in [-0.4, -0.2) is 40.6 Å². The molecule has 1 aliphatic carbocycles. The Morgan fingerprint density at radius 2 is 1.50 bits per heavy atom. The number of rotatable bonds is 4. The van der Waals surface area contributed by atoms with Crippen LogP contribution in [0.15, 0.2) is 40.3 Å². The molecule has 2 aliphatic rings. The van der Waals surface area contributed by atoms with Crippen LogP contribution >= 0.6 is 0 Å². The predicted molar refractivity (Wildman–Crippen MR) is 103 cm³/mol. The summed E-state index contributed by atoms with van der Waals surface area (Å²) in [6.07, 6.45) is -7.37. The topological polar surface area (TPSA) is 28.0 Å². The number of benzene rings is 1. The standard InChI is InChI=1S/C21H25F6N3/c1-14(2)13-17-28-19(20(22,23)24,21(25,26)27)29-18(15-9-5-3-6-10-15)30(17)16-11-7-4-8-12-16/h3,5-6,9-10,14,16H,4,7-8,11-13H2,1-2H3. The van der Waals surface area contributed by atoms with Gasteiger partial charge in [0.15, 0.2) is 0 Å². The van der Waals surface area contributed by atoms with Crippen molar-refractivity contribution >= 4 is 11.7 Å². The van der Waals surface area contributed by atoms with Gasteiger partial charge < -0.3 is 4.90 Å². The molecule has 0 N–H and O–H groups in total. The van der Waals surface area contributed by atoms with Gasteiger partial charge in [0.1, 0.15) is 11.7 Å². The molecule has 1 aromatic rings. The number of hydrogen-bond acceptors (Lipinski definition) is 3. The van der Waals surface area contributed by atoms with Crippen LogP contribution < -0.4 is 0 Å². The minimum absolute atomic E-state index is 0.00371. The summed E-state index contributed by atoms with van der Waals surface area (Å²) < 4.78 is 83.5. The first-order valence-corrected chi connectivity index (χ1v) is 10.1. The summed E-state index contributed by atoms with van der Waals surface area (Å²) in [5.41, 5.74) is -4.28. The lowest BCUT2D eigenvalue weighted by Crippen LogP contribution is -2.61. The van der Waals surface area contributed by atoms with Crippen molar-refractivity contribution < 1.29 is 26.3 Å². The molecule has 0 saturated heterocycles. The average Bonchev–Trinajstić information content (AvgIpc) is 2.66. The largest absolute Gasteiger partial charge is 0.443 e. The van der Waals surface area contributed by atoms with Crippen molar-refractivity contribution in [3.8, 4) is 0 Å². The molecule has 0 aromatic heterocycles. The molecular formula is C21H25F6N3. The fourth-order valence-corrected chi connectivity index (χ4v) is 4.03. The third-order valence-corrected chi connectivity index (χ3v) is 5.42. The molecule has 0 spiro atoms. The van der Waals surface area contributed by atoms with Gasteiger partial charge in [-0.2, -0.15) is 26.3 Å². The second kappa shape index (κ2) is 8.23. The van der Waals surface area contributed by atoms with E-state index in [0.717, 1.165) is 19.3 Å². The van der Waals surface area contributed by atoms with Gasteiger partial charge in [0.2, 0.25) is 0 Å². The molecular weight excluding hydrogens is 408 g/mol. The number of alkyl halides is 6. The Labute approximate surface area is 171 Å². The van der Waals surface area contributed by atoms with Gasteiger partial charge in [0.05, 0.1) is 0 Å². The van der Waals surface area contributed by atoms with E-state index in [1.165, 1.54) is 12.1 Å². The number of amidine groups is 2.